The van der Waals surface area contributed by atoms with Crippen LogP contribution in [0.1, 0.15) is 51.8 Å². The van der Waals surface area contributed by atoms with Crippen LogP contribution in [0.2, 0.25) is 0 Å². The van der Waals surface area contributed by atoms with Crippen molar-refractivity contribution in [2.24, 2.45) is 5.92 Å². The Labute approximate surface area is 120 Å². The fourth-order valence-electron chi connectivity index (χ4n) is 1.83. The molecule has 0 aliphatic rings. The van der Waals surface area contributed by atoms with Crippen molar-refractivity contribution in [2.75, 3.05) is 0 Å². The third-order valence-corrected chi connectivity index (χ3v) is 2.74. The summed E-state index contributed by atoms with van der Waals surface area (Å²) in [6.45, 7) is 9.55. The van der Waals surface area contributed by atoms with Crippen LogP contribution in [0.5, 0.6) is 0 Å². The van der Waals surface area contributed by atoms with Gasteiger partial charge in [0.05, 0.1) is 17.7 Å². The Balaban J connectivity index is 2.84. The number of nitriles is 1. The van der Waals surface area contributed by atoms with E-state index in [0.29, 0.717) is 5.56 Å². The molecule has 0 saturated heterocycles. The van der Waals surface area contributed by atoms with E-state index >= 15 is 0 Å². The molecule has 0 aliphatic heterocycles. The van der Waals surface area contributed by atoms with Crippen LogP contribution in [0, 0.1) is 17.2 Å². The van der Waals surface area contributed by atoms with Gasteiger partial charge in [0.2, 0.25) is 0 Å². The molecule has 1 amide bonds. The molecule has 1 aromatic rings. The number of carbonyl (C=O) groups excluding carboxylic acids is 1. The lowest BCUT2D eigenvalue weighted by molar-refractivity contribution is 0.0489. The first-order valence-electron chi connectivity index (χ1n) is 6.72. The Morgan fingerprint density at radius 1 is 1.25 bits per heavy atom. The van der Waals surface area contributed by atoms with Gasteiger partial charge >= 0.3 is 6.09 Å². The van der Waals surface area contributed by atoms with Crippen molar-refractivity contribution in [3.05, 3.63) is 35.4 Å². The number of rotatable bonds is 3. The third kappa shape index (κ3) is 4.93. The first kappa shape index (κ1) is 16.0. The lowest BCUT2D eigenvalue weighted by Crippen LogP contribution is -2.36. The number of amides is 1. The summed E-state index contributed by atoms with van der Waals surface area (Å²) in [5.41, 5.74) is 1.05. The molecule has 0 heterocycles. The first-order valence-corrected chi connectivity index (χ1v) is 6.72. The number of nitrogens with zero attached hydrogens (tertiary/aromatic N) is 1. The van der Waals surface area contributed by atoms with Crippen molar-refractivity contribution in [3.63, 3.8) is 0 Å². The number of ether oxygens (including phenoxy) is 1. The summed E-state index contributed by atoms with van der Waals surface area (Å²) in [5.74, 6) is 0.218. The van der Waals surface area contributed by atoms with Crippen molar-refractivity contribution in [1.82, 2.24) is 5.32 Å². The highest BCUT2D eigenvalue weighted by molar-refractivity contribution is 5.68. The third-order valence-electron chi connectivity index (χ3n) is 2.74. The van der Waals surface area contributed by atoms with E-state index in [1.54, 1.807) is 12.1 Å². The molecule has 4 heteroatoms. The van der Waals surface area contributed by atoms with Crippen LogP contribution in [0.3, 0.4) is 0 Å². The number of nitrogens with one attached hydrogen (secondary N) is 1. The number of benzene rings is 1. The molecule has 1 rings (SSSR count). The molecule has 108 valence electrons. The maximum Gasteiger partial charge on any atom is 0.408 e. The molecule has 0 spiro atoms. The summed E-state index contributed by atoms with van der Waals surface area (Å²) < 4.78 is 5.28. The average molecular weight is 274 g/mol. The SMILES string of the molecule is CC(C)[C@@H](NC(=O)OC(C)(C)C)c1ccc(C#N)cc1. The quantitative estimate of drug-likeness (QED) is 0.912. The number of carbonyl (C=O) groups is 1. The summed E-state index contributed by atoms with van der Waals surface area (Å²) in [4.78, 5) is 11.9. The largest absolute Gasteiger partial charge is 0.444 e. The van der Waals surface area contributed by atoms with Crippen LogP contribution in [0.4, 0.5) is 4.79 Å². The van der Waals surface area contributed by atoms with E-state index in [1.807, 2.05) is 46.8 Å². The van der Waals surface area contributed by atoms with Gasteiger partial charge < -0.3 is 10.1 Å². The molecular weight excluding hydrogens is 252 g/mol. The molecule has 1 N–H and O–H groups in total. The zero-order chi connectivity index (χ0) is 15.3. The smallest absolute Gasteiger partial charge is 0.408 e. The minimum atomic E-state index is -0.518. The second kappa shape index (κ2) is 6.42. The first-order chi connectivity index (χ1) is 9.23. The second-order valence-electron chi connectivity index (χ2n) is 6.10. The van der Waals surface area contributed by atoms with E-state index < -0.39 is 11.7 Å². The van der Waals surface area contributed by atoms with Gasteiger partial charge in [0.15, 0.2) is 0 Å². The highest BCUT2D eigenvalue weighted by Gasteiger charge is 2.22. The van der Waals surface area contributed by atoms with Crippen LogP contribution in [0.25, 0.3) is 0 Å². The summed E-state index contributed by atoms with van der Waals surface area (Å²) in [5, 5.41) is 11.7. The zero-order valence-corrected chi connectivity index (χ0v) is 12.7. The minimum absolute atomic E-state index is 0.141. The van der Waals surface area contributed by atoms with Crippen LogP contribution in [-0.4, -0.2) is 11.7 Å². The fraction of sp³-hybridized carbons (Fsp3) is 0.500. The number of alkyl carbamates (subject to hydrolysis) is 1. The normalized spacial score (nSPS) is 12.7. The topological polar surface area (TPSA) is 62.1 Å². The molecule has 0 fully saturated rings. The Morgan fingerprint density at radius 2 is 1.80 bits per heavy atom. The van der Waals surface area contributed by atoms with Crippen LogP contribution in [0.15, 0.2) is 24.3 Å². The van der Waals surface area contributed by atoms with E-state index in [1.165, 1.54) is 0 Å². The molecule has 4 nitrogen and oxygen atoms in total. The van der Waals surface area contributed by atoms with Crippen molar-refractivity contribution in [2.45, 2.75) is 46.3 Å². The maximum atomic E-state index is 11.9. The van der Waals surface area contributed by atoms with E-state index in [-0.39, 0.29) is 12.0 Å². The average Bonchev–Trinajstić information content (AvgIpc) is 2.34. The molecule has 0 radical (unpaired) electrons. The standard InChI is InChI=1S/C16H22N2O2/c1-11(2)14(18-15(19)20-16(3,4)5)13-8-6-12(10-17)7-9-13/h6-9,11,14H,1-5H3,(H,18,19)/t14-/m1/s1. The van der Waals surface area contributed by atoms with Gasteiger partial charge in [-0.1, -0.05) is 26.0 Å². The van der Waals surface area contributed by atoms with E-state index in [4.69, 9.17) is 10.00 Å². The van der Waals surface area contributed by atoms with Crippen LogP contribution < -0.4 is 5.32 Å². The van der Waals surface area contributed by atoms with Gasteiger partial charge in [-0.2, -0.15) is 5.26 Å². The Kier molecular flexibility index (Phi) is 5.15. The minimum Gasteiger partial charge on any atom is -0.444 e. The van der Waals surface area contributed by atoms with Gasteiger partial charge in [-0.25, -0.2) is 4.79 Å². The maximum absolute atomic E-state index is 11.9. The second-order valence-corrected chi connectivity index (χ2v) is 6.10. The van der Waals surface area contributed by atoms with E-state index in [0.717, 1.165) is 5.56 Å². The molecule has 0 aliphatic carbocycles. The van der Waals surface area contributed by atoms with Crippen molar-refractivity contribution < 1.29 is 9.53 Å². The lowest BCUT2D eigenvalue weighted by atomic mass is 9.95. The fourth-order valence-corrected chi connectivity index (χ4v) is 1.83. The molecule has 20 heavy (non-hydrogen) atoms. The number of hydrogen-bond donors (Lipinski definition) is 1. The van der Waals surface area contributed by atoms with Crippen molar-refractivity contribution >= 4 is 6.09 Å². The molecule has 0 aromatic heterocycles. The van der Waals surface area contributed by atoms with Gasteiger partial charge in [0, 0.05) is 0 Å². The van der Waals surface area contributed by atoms with E-state index in [9.17, 15) is 4.79 Å². The van der Waals surface area contributed by atoms with Gasteiger partial charge in [-0.05, 0) is 44.4 Å². The van der Waals surface area contributed by atoms with Gasteiger partial charge in [-0.15, -0.1) is 0 Å². The Hall–Kier alpha value is -2.02. The summed E-state index contributed by atoms with van der Waals surface area (Å²) in [6.07, 6.45) is -0.430. The highest BCUT2D eigenvalue weighted by atomic mass is 16.6. The summed E-state index contributed by atoms with van der Waals surface area (Å²) in [7, 11) is 0. The zero-order valence-electron chi connectivity index (χ0n) is 12.7. The Bertz CT molecular complexity index is 493. The number of hydrogen-bond acceptors (Lipinski definition) is 3. The molecule has 1 aromatic carbocycles. The van der Waals surface area contributed by atoms with E-state index in [2.05, 4.69) is 11.4 Å². The van der Waals surface area contributed by atoms with Crippen LogP contribution in [-0.2, 0) is 4.74 Å². The molecule has 0 bridgehead atoms. The highest BCUT2D eigenvalue weighted by Crippen LogP contribution is 2.22. The van der Waals surface area contributed by atoms with Gasteiger partial charge in [0.25, 0.3) is 0 Å². The molecule has 1 atom stereocenters. The predicted molar refractivity (Wildman–Crippen MR) is 78.1 cm³/mol. The Morgan fingerprint density at radius 3 is 2.20 bits per heavy atom. The van der Waals surface area contributed by atoms with Crippen molar-refractivity contribution in [3.8, 4) is 6.07 Å². The lowest BCUT2D eigenvalue weighted by Gasteiger charge is -2.26. The van der Waals surface area contributed by atoms with Gasteiger partial charge in [-0.3, -0.25) is 0 Å². The van der Waals surface area contributed by atoms with Crippen molar-refractivity contribution in [1.29, 1.82) is 5.26 Å². The molecule has 0 unspecified atom stereocenters. The monoisotopic (exact) mass is 274 g/mol. The summed E-state index contributed by atoms with van der Waals surface area (Å²) in [6, 6.07) is 9.17. The van der Waals surface area contributed by atoms with Crippen LogP contribution >= 0.6 is 0 Å². The molecular formula is C16H22N2O2. The molecule has 0 saturated carbocycles. The van der Waals surface area contributed by atoms with Gasteiger partial charge in [0.1, 0.15) is 5.60 Å². The predicted octanol–water partition coefficient (Wildman–Crippen LogP) is 3.78. The summed E-state index contributed by atoms with van der Waals surface area (Å²) >= 11 is 0.